The average molecular weight is 382 g/mol. The van der Waals surface area contributed by atoms with Crippen molar-refractivity contribution in [2.24, 2.45) is 0 Å². The molecule has 6 nitrogen and oxygen atoms in total. The topological polar surface area (TPSA) is 73.4 Å². The fraction of sp³-hybridized carbons (Fsp3) is 0.143. The maximum absolute atomic E-state index is 14.0. The molecule has 2 aromatic carbocycles. The number of nitrogens with one attached hydrogen (secondary N) is 1. The number of rotatable bonds is 7. The zero-order valence-corrected chi connectivity index (χ0v) is 15.7. The highest BCUT2D eigenvalue weighted by atomic mass is 19.1. The fourth-order valence-corrected chi connectivity index (χ4v) is 2.64. The molecular formula is C21H19FN2O4. The molecule has 144 valence electrons. The van der Waals surface area contributed by atoms with Crippen LogP contribution >= 0.6 is 0 Å². The lowest BCUT2D eigenvalue weighted by Crippen LogP contribution is -1.99. The fourth-order valence-electron chi connectivity index (χ4n) is 2.64. The molecule has 1 N–H and O–H groups in total. The van der Waals surface area contributed by atoms with Gasteiger partial charge in [-0.15, -0.1) is 0 Å². The summed E-state index contributed by atoms with van der Waals surface area (Å²) in [5.41, 5.74) is 2.06. The molecule has 0 fully saturated rings. The zero-order chi connectivity index (χ0) is 20.1. The molecule has 0 radical (unpaired) electrons. The Balaban J connectivity index is 1.78. The van der Waals surface area contributed by atoms with Crippen molar-refractivity contribution in [1.29, 1.82) is 0 Å². The molecule has 0 spiro atoms. The predicted molar refractivity (Wildman–Crippen MR) is 103 cm³/mol. The van der Waals surface area contributed by atoms with Gasteiger partial charge in [0.05, 0.1) is 38.3 Å². The third kappa shape index (κ3) is 4.03. The van der Waals surface area contributed by atoms with Crippen molar-refractivity contribution < 1.29 is 23.4 Å². The summed E-state index contributed by atoms with van der Waals surface area (Å²) >= 11 is 0. The first-order chi connectivity index (χ1) is 13.5. The van der Waals surface area contributed by atoms with Gasteiger partial charge in [-0.25, -0.2) is 4.39 Å². The standard InChI is InChI=1S/C21H19FN2O4/c1-26-15-6-7-16(17(22)12-15)19(25)8-5-14-11-18(24-23-14)13-4-9-20(27-2)21(10-13)28-3/h4-12H,1-3H3,(H,23,24)/b8-5+. The van der Waals surface area contributed by atoms with Gasteiger partial charge in [-0.2, -0.15) is 5.10 Å². The Morgan fingerprint density at radius 3 is 2.46 bits per heavy atom. The molecule has 0 amide bonds. The molecule has 0 aliphatic heterocycles. The number of hydrogen-bond donors (Lipinski definition) is 1. The average Bonchev–Trinajstić information content (AvgIpc) is 3.20. The maximum atomic E-state index is 14.0. The molecule has 0 atom stereocenters. The number of benzene rings is 2. The van der Waals surface area contributed by atoms with Gasteiger partial charge in [0.25, 0.3) is 0 Å². The summed E-state index contributed by atoms with van der Waals surface area (Å²) in [6, 6.07) is 11.3. The number of halogens is 1. The number of aromatic amines is 1. The molecule has 0 saturated heterocycles. The van der Waals surface area contributed by atoms with Crippen LogP contribution in [0.25, 0.3) is 17.3 Å². The molecule has 3 rings (SSSR count). The molecule has 0 bridgehead atoms. The van der Waals surface area contributed by atoms with Crippen LogP contribution in [0, 0.1) is 5.82 Å². The SMILES string of the molecule is COc1ccc(C(=O)/C=C/c2cc(-c3ccc(OC)c(OC)c3)n[nH]2)c(F)c1. The molecule has 0 aliphatic rings. The van der Waals surface area contributed by atoms with Crippen LogP contribution in [0.2, 0.25) is 0 Å². The molecule has 1 aromatic heterocycles. The van der Waals surface area contributed by atoms with Crippen LogP contribution in [0.1, 0.15) is 16.1 Å². The smallest absolute Gasteiger partial charge is 0.188 e. The monoisotopic (exact) mass is 382 g/mol. The van der Waals surface area contributed by atoms with E-state index in [1.807, 2.05) is 6.07 Å². The van der Waals surface area contributed by atoms with Crippen molar-refractivity contribution in [1.82, 2.24) is 10.2 Å². The lowest BCUT2D eigenvalue weighted by atomic mass is 10.1. The molecule has 7 heteroatoms. The van der Waals surface area contributed by atoms with Crippen LogP contribution in [-0.2, 0) is 0 Å². The van der Waals surface area contributed by atoms with Crippen LogP contribution in [0.15, 0.2) is 48.5 Å². The number of aromatic nitrogens is 2. The van der Waals surface area contributed by atoms with Crippen LogP contribution in [-0.4, -0.2) is 37.3 Å². The number of H-pyrrole nitrogens is 1. The number of allylic oxidation sites excluding steroid dienone is 1. The minimum Gasteiger partial charge on any atom is -0.497 e. The Hall–Kier alpha value is -3.61. The molecular weight excluding hydrogens is 363 g/mol. The van der Waals surface area contributed by atoms with Gasteiger partial charge < -0.3 is 14.2 Å². The zero-order valence-electron chi connectivity index (χ0n) is 15.7. The maximum Gasteiger partial charge on any atom is 0.188 e. The van der Waals surface area contributed by atoms with Crippen molar-refractivity contribution in [3.8, 4) is 28.5 Å². The first-order valence-electron chi connectivity index (χ1n) is 8.39. The number of carbonyl (C=O) groups excluding carboxylic acids is 1. The summed E-state index contributed by atoms with van der Waals surface area (Å²) in [4.78, 5) is 12.2. The number of ether oxygens (including phenoxy) is 3. The Morgan fingerprint density at radius 2 is 1.79 bits per heavy atom. The van der Waals surface area contributed by atoms with Gasteiger partial charge in [-0.1, -0.05) is 0 Å². The highest BCUT2D eigenvalue weighted by Crippen LogP contribution is 2.31. The van der Waals surface area contributed by atoms with E-state index in [0.29, 0.717) is 28.6 Å². The third-order valence-electron chi connectivity index (χ3n) is 4.13. The highest BCUT2D eigenvalue weighted by Gasteiger charge is 2.11. The van der Waals surface area contributed by atoms with E-state index in [9.17, 15) is 9.18 Å². The van der Waals surface area contributed by atoms with Gasteiger partial charge in [0.15, 0.2) is 17.3 Å². The van der Waals surface area contributed by atoms with E-state index in [1.165, 1.54) is 31.4 Å². The molecule has 0 saturated carbocycles. The number of carbonyl (C=O) groups is 1. The van der Waals surface area contributed by atoms with E-state index in [2.05, 4.69) is 10.2 Å². The number of hydrogen-bond acceptors (Lipinski definition) is 5. The summed E-state index contributed by atoms with van der Waals surface area (Å²) in [5.74, 6) is 0.470. The lowest BCUT2D eigenvalue weighted by Gasteiger charge is -2.08. The Kier molecular flexibility index (Phi) is 5.74. The predicted octanol–water partition coefficient (Wildman–Crippen LogP) is 4.14. The molecule has 0 aliphatic carbocycles. The second kappa shape index (κ2) is 8.39. The van der Waals surface area contributed by atoms with Crippen LogP contribution in [0.3, 0.4) is 0 Å². The number of ketones is 1. The Morgan fingerprint density at radius 1 is 1.00 bits per heavy atom. The van der Waals surface area contributed by atoms with E-state index in [0.717, 1.165) is 5.56 Å². The van der Waals surface area contributed by atoms with E-state index in [1.54, 1.807) is 38.5 Å². The second-order valence-corrected chi connectivity index (χ2v) is 5.82. The summed E-state index contributed by atoms with van der Waals surface area (Å²) in [6.45, 7) is 0. The van der Waals surface area contributed by atoms with Gasteiger partial charge in [-0.05, 0) is 48.6 Å². The highest BCUT2D eigenvalue weighted by molar-refractivity contribution is 6.07. The molecule has 28 heavy (non-hydrogen) atoms. The van der Waals surface area contributed by atoms with Crippen molar-refractivity contribution in [3.63, 3.8) is 0 Å². The summed E-state index contributed by atoms with van der Waals surface area (Å²) in [7, 11) is 4.56. The van der Waals surface area contributed by atoms with Crippen molar-refractivity contribution >= 4 is 11.9 Å². The van der Waals surface area contributed by atoms with Gasteiger partial charge in [0.1, 0.15) is 11.6 Å². The number of nitrogens with zero attached hydrogens (tertiary/aromatic N) is 1. The van der Waals surface area contributed by atoms with Gasteiger partial charge in [-0.3, -0.25) is 9.89 Å². The van der Waals surface area contributed by atoms with Crippen molar-refractivity contribution in [3.05, 3.63) is 65.6 Å². The van der Waals surface area contributed by atoms with Crippen LogP contribution < -0.4 is 14.2 Å². The number of methoxy groups -OCH3 is 3. The van der Waals surface area contributed by atoms with E-state index in [-0.39, 0.29) is 5.56 Å². The minimum atomic E-state index is -0.635. The van der Waals surface area contributed by atoms with Crippen molar-refractivity contribution in [2.45, 2.75) is 0 Å². The Labute approximate surface area is 161 Å². The summed E-state index contributed by atoms with van der Waals surface area (Å²) < 4.78 is 29.4. The molecule has 3 aromatic rings. The van der Waals surface area contributed by atoms with Crippen LogP contribution in [0.5, 0.6) is 17.2 Å². The van der Waals surface area contributed by atoms with E-state index in [4.69, 9.17) is 14.2 Å². The van der Waals surface area contributed by atoms with Gasteiger partial charge in [0, 0.05) is 11.6 Å². The normalized spacial score (nSPS) is 10.9. The summed E-state index contributed by atoms with van der Waals surface area (Å²) in [5, 5.41) is 7.07. The lowest BCUT2D eigenvalue weighted by molar-refractivity contribution is 0.104. The van der Waals surface area contributed by atoms with Gasteiger partial charge >= 0.3 is 0 Å². The minimum absolute atomic E-state index is 0.0309. The molecule has 0 unspecified atom stereocenters. The van der Waals surface area contributed by atoms with Crippen LogP contribution in [0.4, 0.5) is 4.39 Å². The van der Waals surface area contributed by atoms with Gasteiger partial charge in [0.2, 0.25) is 0 Å². The summed E-state index contributed by atoms with van der Waals surface area (Å²) in [6.07, 6.45) is 2.83. The van der Waals surface area contributed by atoms with E-state index >= 15 is 0 Å². The van der Waals surface area contributed by atoms with E-state index < -0.39 is 11.6 Å². The Bertz CT molecular complexity index is 1030. The largest absolute Gasteiger partial charge is 0.497 e. The van der Waals surface area contributed by atoms with Crippen molar-refractivity contribution in [2.75, 3.05) is 21.3 Å². The molecule has 1 heterocycles. The third-order valence-corrected chi connectivity index (χ3v) is 4.13. The quantitative estimate of drug-likeness (QED) is 0.491. The first kappa shape index (κ1) is 19.2. The first-order valence-corrected chi connectivity index (χ1v) is 8.39. The second-order valence-electron chi connectivity index (χ2n) is 5.82.